The van der Waals surface area contributed by atoms with Crippen LogP contribution in [-0.2, 0) is 14.3 Å². The smallest absolute Gasteiger partial charge is 0.335 e. The summed E-state index contributed by atoms with van der Waals surface area (Å²) in [6.45, 7) is 12.2. The Morgan fingerprint density at radius 1 is 1.05 bits per heavy atom. The quantitative estimate of drug-likeness (QED) is 0.252. The Morgan fingerprint density at radius 2 is 1.73 bits per heavy atom. The molecule has 7 heteroatoms. The Hall–Kier alpha value is -1.96. The second-order valence-electron chi connectivity index (χ2n) is 13.2. The highest BCUT2D eigenvalue weighted by Crippen LogP contribution is 2.73. The van der Waals surface area contributed by atoms with E-state index >= 15 is 0 Å². The lowest BCUT2D eigenvalue weighted by molar-refractivity contribution is -0.193. The standard InChI is InChI=1S/C30H46N2O5/c1-16(2)8-7-9-18(27(35)36)24-22(37-17(3)33)15-30(6)25(24)20(31)14-23-28(4)12-11-21(34)26(32)19(28)10-13-29(23,30)5/h7-9,19-23,25-26,34H,10-15,31-32H2,1-6H3,(H,35,36)/b9-7-,24-18+/t19-,20+,21+,22-,23-,25-,26-,28-,29-,30-/m0/s1. The number of carboxylic acid groups (broad SMARTS) is 1. The molecule has 0 amide bonds. The average molecular weight is 515 g/mol. The molecule has 4 rings (SSSR count). The molecule has 6 N–H and O–H groups in total. The van der Waals surface area contributed by atoms with Gasteiger partial charge < -0.3 is 26.4 Å². The molecule has 0 aliphatic heterocycles. The van der Waals surface area contributed by atoms with E-state index < -0.39 is 24.1 Å². The molecule has 4 fully saturated rings. The molecule has 0 aromatic heterocycles. The molecule has 0 saturated heterocycles. The zero-order valence-corrected chi connectivity index (χ0v) is 23.3. The summed E-state index contributed by atoms with van der Waals surface area (Å²) in [4.78, 5) is 24.8. The summed E-state index contributed by atoms with van der Waals surface area (Å²) in [6.07, 6.45) is 8.91. The predicted molar refractivity (Wildman–Crippen MR) is 143 cm³/mol. The molecular formula is C30H46N2O5. The van der Waals surface area contributed by atoms with Crippen LogP contribution in [0.25, 0.3) is 0 Å². The Labute approximate surface area is 221 Å². The Morgan fingerprint density at radius 3 is 2.32 bits per heavy atom. The minimum Gasteiger partial charge on any atom is -0.478 e. The van der Waals surface area contributed by atoms with E-state index in [1.165, 1.54) is 6.92 Å². The van der Waals surface area contributed by atoms with Crippen molar-refractivity contribution < 1.29 is 24.5 Å². The van der Waals surface area contributed by atoms with Crippen molar-refractivity contribution in [3.8, 4) is 0 Å². The van der Waals surface area contributed by atoms with Gasteiger partial charge in [-0.15, -0.1) is 0 Å². The van der Waals surface area contributed by atoms with Gasteiger partial charge in [0.2, 0.25) is 0 Å². The number of aliphatic carboxylic acids is 1. The molecule has 0 aromatic rings. The Balaban J connectivity index is 1.86. The average Bonchev–Trinajstić information content (AvgIpc) is 3.08. The number of fused-ring (bicyclic) bond motifs is 5. The van der Waals surface area contributed by atoms with Gasteiger partial charge in [0.15, 0.2) is 0 Å². The topological polar surface area (TPSA) is 136 Å². The zero-order chi connectivity index (χ0) is 27.5. The van der Waals surface area contributed by atoms with Crippen LogP contribution in [0.4, 0.5) is 0 Å². The lowest BCUT2D eigenvalue weighted by Gasteiger charge is -2.68. The maximum atomic E-state index is 12.6. The van der Waals surface area contributed by atoms with Crippen molar-refractivity contribution in [2.45, 2.75) is 104 Å². The summed E-state index contributed by atoms with van der Waals surface area (Å²) < 4.78 is 5.86. The zero-order valence-electron chi connectivity index (χ0n) is 23.3. The SMILES string of the molecule is CC(=O)O[C@H]1C[C@@]2(C)[C@H](/C1=C(\C=C/C=C(C)C)C(=O)O)[C@H](N)C[C@H]1[C@@]3(C)CC[C@@H](O)[C@@H](N)[C@@H]3CC[C@@]12C. The number of rotatable bonds is 4. The van der Waals surface area contributed by atoms with Gasteiger partial charge in [-0.1, -0.05) is 38.5 Å². The number of hydrogen-bond acceptors (Lipinski definition) is 6. The van der Waals surface area contributed by atoms with Crippen molar-refractivity contribution in [2.75, 3.05) is 0 Å². The van der Waals surface area contributed by atoms with Crippen LogP contribution in [-0.4, -0.2) is 46.4 Å². The second-order valence-corrected chi connectivity index (χ2v) is 13.2. The van der Waals surface area contributed by atoms with Gasteiger partial charge >= 0.3 is 11.9 Å². The van der Waals surface area contributed by atoms with Crippen LogP contribution in [0.15, 0.2) is 34.9 Å². The van der Waals surface area contributed by atoms with Crippen LogP contribution in [0, 0.1) is 34.0 Å². The lowest BCUT2D eigenvalue weighted by Crippen LogP contribution is -2.67. The third-order valence-corrected chi connectivity index (χ3v) is 11.0. The number of carbonyl (C=O) groups is 2. The summed E-state index contributed by atoms with van der Waals surface area (Å²) in [6, 6.07) is -0.514. The fourth-order valence-electron chi connectivity index (χ4n) is 9.21. The normalized spacial score (nSPS) is 46.5. The van der Waals surface area contributed by atoms with Gasteiger partial charge in [0.05, 0.1) is 11.7 Å². The summed E-state index contributed by atoms with van der Waals surface area (Å²) in [5.74, 6) is -1.16. The maximum Gasteiger partial charge on any atom is 0.335 e. The molecule has 4 aliphatic rings. The van der Waals surface area contributed by atoms with Gasteiger partial charge in [-0.05, 0) is 92.1 Å². The van der Waals surface area contributed by atoms with Gasteiger partial charge in [0, 0.05) is 24.9 Å². The highest BCUT2D eigenvalue weighted by Gasteiger charge is 2.70. The lowest BCUT2D eigenvalue weighted by atomic mass is 9.37. The van der Waals surface area contributed by atoms with E-state index in [1.54, 1.807) is 12.2 Å². The van der Waals surface area contributed by atoms with Crippen molar-refractivity contribution >= 4 is 11.9 Å². The molecular weight excluding hydrogens is 468 g/mol. The first kappa shape index (κ1) is 28.1. The number of aliphatic hydroxyl groups excluding tert-OH is 1. The van der Waals surface area contributed by atoms with Crippen molar-refractivity contribution in [3.63, 3.8) is 0 Å². The molecule has 0 spiro atoms. The number of carbonyl (C=O) groups excluding carboxylic acids is 1. The fraction of sp³-hybridized carbons (Fsp3) is 0.733. The van der Waals surface area contributed by atoms with Crippen LogP contribution in [0.5, 0.6) is 0 Å². The number of allylic oxidation sites excluding steroid dienone is 3. The van der Waals surface area contributed by atoms with Crippen LogP contribution in [0.2, 0.25) is 0 Å². The first-order chi connectivity index (χ1) is 17.2. The van der Waals surface area contributed by atoms with Crippen molar-refractivity contribution in [1.29, 1.82) is 0 Å². The molecule has 10 atom stereocenters. The molecule has 0 heterocycles. The van der Waals surface area contributed by atoms with Gasteiger partial charge in [0.25, 0.3) is 0 Å². The summed E-state index contributed by atoms with van der Waals surface area (Å²) in [5, 5.41) is 20.9. The number of carboxylic acids is 1. The number of esters is 1. The first-order valence-electron chi connectivity index (χ1n) is 13.8. The number of aliphatic hydroxyl groups is 1. The Kier molecular flexibility index (Phi) is 7.32. The third kappa shape index (κ3) is 4.31. The van der Waals surface area contributed by atoms with E-state index in [4.69, 9.17) is 16.2 Å². The van der Waals surface area contributed by atoms with Gasteiger partial charge in [0.1, 0.15) is 6.10 Å². The highest BCUT2D eigenvalue weighted by atomic mass is 16.5. The predicted octanol–water partition coefficient (Wildman–Crippen LogP) is 4.10. The van der Waals surface area contributed by atoms with Crippen LogP contribution < -0.4 is 11.5 Å². The van der Waals surface area contributed by atoms with Crippen LogP contribution in [0.3, 0.4) is 0 Å². The van der Waals surface area contributed by atoms with Gasteiger partial charge in [-0.2, -0.15) is 0 Å². The van der Waals surface area contributed by atoms with Crippen molar-refractivity contribution in [2.24, 2.45) is 45.5 Å². The Bertz CT molecular complexity index is 1040. The van der Waals surface area contributed by atoms with E-state index in [9.17, 15) is 19.8 Å². The van der Waals surface area contributed by atoms with Crippen molar-refractivity contribution in [1.82, 2.24) is 0 Å². The van der Waals surface area contributed by atoms with Gasteiger partial charge in [-0.25, -0.2) is 4.79 Å². The van der Waals surface area contributed by atoms with Crippen molar-refractivity contribution in [3.05, 3.63) is 34.9 Å². The molecule has 206 valence electrons. The van der Waals surface area contributed by atoms with E-state index in [0.717, 1.165) is 31.3 Å². The highest BCUT2D eigenvalue weighted by molar-refractivity contribution is 5.91. The second kappa shape index (κ2) is 9.65. The molecule has 0 aromatic carbocycles. The fourth-order valence-corrected chi connectivity index (χ4v) is 9.21. The molecule has 0 radical (unpaired) electrons. The monoisotopic (exact) mass is 514 g/mol. The van der Waals surface area contributed by atoms with Gasteiger partial charge in [-0.3, -0.25) is 4.79 Å². The van der Waals surface area contributed by atoms with Crippen LogP contribution >= 0.6 is 0 Å². The summed E-state index contributed by atoms with van der Waals surface area (Å²) in [7, 11) is 0. The largest absolute Gasteiger partial charge is 0.478 e. The third-order valence-electron chi connectivity index (χ3n) is 11.0. The number of hydrogen-bond donors (Lipinski definition) is 4. The first-order valence-corrected chi connectivity index (χ1v) is 13.8. The molecule has 7 nitrogen and oxygen atoms in total. The molecule has 0 bridgehead atoms. The minimum atomic E-state index is -1.03. The number of nitrogens with two attached hydrogens (primary N) is 2. The van der Waals surface area contributed by atoms with E-state index in [1.807, 2.05) is 19.9 Å². The maximum absolute atomic E-state index is 12.6. The minimum absolute atomic E-state index is 0.0559. The van der Waals surface area contributed by atoms with E-state index in [-0.39, 0.29) is 51.7 Å². The molecule has 4 saturated carbocycles. The number of ether oxygens (including phenoxy) is 1. The summed E-state index contributed by atoms with van der Waals surface area (Å²) in [5.41, 5.74) is 14.9. The van der Waals surface area contributed by atoms with E-state index in [0.29, 0.717) is 18.4 Å². The summed E-state index contributed by atoms with van der Waals surface area (Å²) >= 11 is 0. The van der Waals surface area contributed by atoms with E-state index in [2.05, 4.69) is 20.8 Å². The molecule has 4 aliphatic carbocycles. The molecule has 0 unspecified atom stereocenters. The molecule has 37 heavy (non-hydrogen) atoms. The van der Waals surface area contributed by atoms with Crippen LogP contribution in [0.1, 0.15) is 80.1 Å².